The molecule has 10 aromatic carbocycles. The Bertz CT molecular complexity index is 7020. The molecule has 49 heteroatoms. The number of rotatable bonds is 20. The molecule has 0 radical (unpaired) electrons. The summed E-state index contributed by atoms with van der Waals surface area (Å²) in [5, 5.41) is 169. The maximum atomic E-state index is 12.2. The third kappa shape index (κ3) is 22.1. The summed E-state index contributed by atoms with van der Waals surface area (Å²) in [7, 11) is -3.60. The van der Waals surface area contributed by atoms with Gasteiger partial charge in [0.25, 0.3) is 17.2 Å². The Labute approximate surface area is 706 Å². The highest BCUT2D eigenvalue weighted by Gasteiger charge is 2.20. The summed E-state index contributed by atoms with van der Waals surface area (Å²) in [5.74, 6) is -0.0582. The lowest BCUT2D eigenvalue weighted by Crippen LogP contribution is -2.26. The summed E-state index contributed by atoms with van der Waals surface area (Å²) in [4.78, 5) is 43.8. The number of hydrogen-bond acceptors (Lipinski definition) is 35. The maximum Gasteiger partial charge on any atom is 0.274 e. The van der Waals surface area contributed by atoms with Crippen LogP contribution < -0.4 is 41.0 Å². The number of amides is 2. The predicted octanol–water partition coefficient (Wildman–Crippen LogP) is 9.37. The minimum absolute atomic E-state index is 0.00514. The van der Waals surface area contributed by atoms with Crippen molar-refractivity contribution < 1.29 is 83.7 Å². The highest BCUT2D eigenvalue weighted by atomic mass is 35.5. The summed E-state index contributed by atoms with van der Waals surface area (Å²) in [6.45, 7) is 0.371. The molecule has 0 fully saturated rings. The normalized spacial score (nSPS) is 10.8. The lowest BCUT2D eigenvalue weighted by Gasteiger charge is -2.11. The quantitative estimate of drug-likeness (QED) is 0.0146. The van der Waals surface area contributed by atoms with Crippen LogP contribution in [0, 0.1) is 13.5 Å². The fraction of sp³-hybridized carbons (Fsp3) is 0.0822. The molecule has 7 heterocycles. The number of phenolic OH excluding ortho intramolecular Hbond substituents is 11. The van der Waals surface area contributed by atoms with Crippen molar-refractivity contribution in [3.8, 4) is 80.4 Å². The van der Waals surface area contributed by atoms with Crippen molar-refractivity contribution in [3.05, 3.63) is 228 Å². The number of benzene rings is 10. The number of anilines is 4. The van der Waals surface area contributed by atoms with Gasteiger partial charge in [-0.05, 0) is 122 Å². The molecule has 0 aliphatic rings. The first-order valence-corrected chi connectivity index (χ1v) is 39.0. The Kier molecular flexibility index (Phi) is 27.3. The van der Waals surface area contributed by atoms with Crippen molar-refractivity contribution in [2.24, 2.45) is 0 Å². The van der Waals surface area contributed by atoms with Crippen molar-refractivity contribution in [1.82, 2.24) is 106 Å². The number of fused-ring (bicyclic) bond motifs is 5. The molecule has 0 saturated carbocycles. The van der Waals surface area contributed by atoms with E-state index in [9.17, 15) is 79.0 Å². The van der Waals surface area contributed by atoms with E-state index in [1.165, 1.54) is 101 Å². The molecule has 0 aliphatic heterocycles. The van der Waals surface area contributed by atoms with Crippen LogP contribution in [0.3, 0.4) is 0 Å². The van der Waals surface area contributed by atoms with E-state index >= 15 is 0 Å². The zero-order valence-electron chi connectivity index (χ0n) is 62.0. The van der Waals surface area contributed by atoms with Crippen molar-refractivity contribution in [2.75, 3.05) is 39.9 Å². The van der Waals surface area contributed by atoms with Gasteiger partial charge in [0.2, 0.25) is 30.6 Å². The van der Waals surface area contributed by atoms with Crippen LogP contribution in [0.25, 0.3) is 55.1 Å². The van der Waals surface area contributed by atoms with Crippen LogP contribution in [0.4, 0.5) is 22.2 Å². The highest BCUT2D eigenvalue weighted by molar-refractivity contribution is 7.92. The summed E-state index contributed by atoms with van der Waals surface area (Å²) in [5.41, 5.74) is 4.47. The van der Waals surface area contributed by atoms with E-state index in [0.29, 0.717) is 81.5 Å². The van der Waals surface area contributed by atoms with Gasteiger partial charge in [-0.25, -0.2) is 27.7 Å². The Hall–Kier alpha value is -15.8. The number of nitrogens with zero attached hydrogens (tertiary/aromatic N) is 14. The second kappa shape index (κ2) is 39.0. The number of hydrogen-bond donors (Lipinski definition) is 22. The number of halogens is 1. The van der Waals surface area contributed by atoms with Gasteiger partial charge in [-0.1, -0.05) is 92.1 Å². The summed E-state index contributed by atoms with van der Waals surface area (Å²) in [6.07, 6.45) is 1.23. The van der Waals surface area contributed by atoms with Crippen LogP contribution in [0.15, 0.2) is 187 Å². The van der Waals surface area contributed by atoms with Gasteiger partial charge < -0.3 is 81.6 Å². The third-order valence-electron chi connectivity index (χ3n) is 16.7. The fourth-order valence-electron chi connectivity index (χ4n) is 10.8. The molecule has 17 rings (SSSR count). The highest BCUT2D eigenvalue weighted by Crippen LogP contribution is 2.39. The topological polar surface area (TPSA) is 637 Å². The van der Waals surface area contributed by atoms with E-state index in [1.54, 1.807) is 91.0 Å². The van der Waals surface area contributed by atoms with Crippen molar-refractivity contribution in [3.63, 3.8) is 0 Å². The summed E-state index contributed by atoms with van der Waals surface area (Å²) >= 11 is 21.5. The van der Waals surface area contributed by atoms with E-state index in [0.717, 1.165) is 26.9 Å². The molecular weight excluding hydrogens is 1710 g/mol. The number of para-hydroxylation sites is 2. The van der Waals surface area contributed by atoms with E-state index in [1.807, 2.05) is 0 Å². The molecule has 0 unspecified atom stereocenters. The number of ether oxygens (including phenoxy) is 2. The SMILES string of the molecule is O=C(Cc1cc(=O)n2[nH]cnc2n1)NCc1cc(O)ccc1O.O=C(Nc1n[nH]c(=S)s1)c1ccc2c(O)cccc2c1O.O=S(=O)(CCn1[nH]nnc1=S)Nc1ccccc1O.Oc1cc(-n2[nH]nnc2=S)c(O)c2ccccc12.Oc1cc(NCOc2ccc3n[nH]nc3c2)c(O)cc1Cl.Oc1ccc(O)c(NCOc2ccc3n[nH]nc3c2)c1. The average Bonchev–Trinajstić information content (AvgIpc) is 1.21. The molecule has 0 atom stereocenters. The lowest BCUT2D eigenvalue weighted by molar-refractivity contribution is -0.120. The third-order valence-corrected chi connectivity index (χ3v) is 19.8. The minimum Gasteiger partial charge on any atom is -0.508 e. The van der Waals surface area contributed by atoms with E-state index in [2.05, 4.69) is 113 Å². The monoisotopic (exact) mass is 1770 g/mol. The molecule has 0 bridgehead atoms. The first-order chi connectivity index (χ1) is 58.6. The first-order valence-electron chi connectivity index (χ1n) is 34.9. The van der Waals surface area contributed by atoms with Gasteiger partial charge in [0.05, 0.1) is 52.1 Å². The van der Waals surface area contributed by atoms with Gasteiger partial charge >= 0.3 is 0 Å². The van der Waals surface area contributed by atoms with E-state index < -0.39 is 15.9 Å². The number of aromatic amines is 6. The lowest BCUT2D eigenvalue weighted by atomic mass is 10.0. The molecule has 22 N–H and O–H groups in total. The van der Waals surface area contributed by atoms with Crippen molar-refractivity contribution in [2.45, 2.75) is 19.5 Å². The number of carbonyl (C=O) groups excluding carboxylic acids is 2. The average molecular weight is 1780 g/mol. The number of phenols is 11. The van der Waals surface area contributed by atoms with E-state index in [-0.39, 0.29) is 145 Å². The second-order valence-corrected chi connectivity index (χ2v) is 29.5. The number of aromatic hydroxyl groups is 11. The van der Waals surface area contributed by atoms with Gasteiger partial charge in [-0.3, -0.25) is 34.6 Å². The summed E-state index contributed by atoms with van der Waals surface area (Å²) in [6, 6.07) is 44.9. The molecule has 626 valence electrons. The number of nitrogens with one attached hydrogen (secondary N) is 11. The maximum absolute atomic E-state index is 12.2. The van der Waals surface area contributed by atoms with E-state index in [4.69, 9.17) is 57.7 Å². The number of H-pyrrole nitrogens is 6. The van der Waals surface area contributed by atoms with Gasteiger partial charge in [-0.15, -0.1) is 5.10 Å². The molecular formula is C73H64ClN25O18S5. The van der Waals surface area contributed by atoms with Crippen LogP contribution in [0.5, 0.6) is 74.7 Å². The predicted molar refractivity (Wildman–Crippen MR) is 450 cm³/mol. The first kappa shape index (κ1) is 85.6. The van der Waals surface area contributed by atoms with Crippen LogP contribution in [-0.2, 0) is 34.3 Å². The number of aryl methyl sites for hydroxylation is 1. The van der Waals surface area contributed by atoms with Crippen molar-refractivity contribution >= 4 is 153 Å². The zero-order valence-corrected chi connectivity index (χ0v) is 66.9. The zero-order chi connectivity index (χ0) is 86.7. The number of carbonyl (C=O) groups is 2. The Morgan fingerprint density at radius 3 is 1.83 bits per heavy atom. The molecule has 0 saturated heterocycles. The van der Waals surface area contributed by atoms with Gasteiger partial charge in [0.1, 0.15) is 109 Å². The standard InChI is InChI=1S/C14H13N5O4.C13H11ClN4O3.C13H12N4O3.C13H9N3O3S2.C11H8N4O2S.C9H11N5O3S2/c20-10-1-2-11(21)8(3-10)6-15-12(22)4-9-5-13(23)19-14(18-9)16-7-17-19;14-8-4-13(20)11(5-12(8)19)15-6-21-7-1-2-9-10(3-7)17-18-16-9;18-8-1-4-13(19)12(5-8)14-7-20-9-2-3-10-11(6-9)16-17-15-10;17-9-3-1-2-7-6(9)4-5-8(10(7)18)11(19)14-12-15-16-13(20)21-12;16-9-5-8(15-11(18)12-13-14-15)10(17)7-4-2-1-3-6(7)9;15-8-4-2-1-3-7(8)11-19(16,17)6-5-14-9(18)10-12-13-14/h1-3,5,7,20-21H,4,6H2,(H,15,22)(H,16,17,18);1-5,15,19-20H,6H2,(H,16,17,18);1-6,14,18-19H,7H2,(H,15,16,17);1-5,17-18H,(H,16,20)(H,14,15,19);1-5,16-17H,(H,12,14,18);1-4,11,15H,5-6H2,(H,10,13,18). The fourth-order valence-corrected chi connectivity index (χ4v) is 13.2. The number of aromatic nitrogens is 20. The largest absolute Gasteiger partial charge is 0.508 e. The molecule has 0 aliphatic carbocycles. The van der Waals surface area contributed by atoms with Gasteiger partial charge in [-0.2, -0.15) is 45.8 Å². The molecule has 0 spiro atoms. The van der Waals surface area contributed by atoms with Gasteiger partial charge in [0, 0.05) is 76.1 Å². The van der Waals surface area contributed by atoms with Crippen LogP contribution >= 0.6 is 59.6 Å². The molecule has 7 aromatic heterocycles. The minimum atomic E-state index is -3.60. The van der Waals surface area contributed by atoms with Crippen molar-refractivity contribution in [1.29, 1.82) is 0 Å². The Morgan fingerprint density at radius 2 is 1.16 bits per heavy atom. The smallest absolute Gasteiger partial charge is 0.274 e. The van der Waals surface area contributed by atoms with Gasteiger partial charge in [0.15, 0.2) is 17.4 Å². The molecule has 122 heavy (non-hydrogen) atoms. The van der Waals surface area contributed by atoms with Crippen LogP contribution in [0.1, 0.15) is 21.6 Å². The molecule has 2 amide bonds. The number of tetrazole rings is 2. The number of sulfonamides is 1. The summed E-state index contributed by atoms with van der Waals surface area (Å²) < 4.78 is 41.5. The Morgan fingerprint density at radius 1 is 0.557 bits per heavy atom. The Balaban J connectivity index is 0.000000134. The molecule has 43 nitrogen and oxygen atoms in total. The van der Waals surface area contributed by atoms with Crippen LogP contribution in [0.2, 0.25) is 5.02 Å². The second-order valence-electron chi connectivity index (χ2n) is 24.9. The van der Waals surface area contributed by atoms with Crippen LogP contribution in [-0.4, -0.2) is 197 Å². The molecule has 17 aromatic rings.